The average molecular weight is 269 g/mol. The maximum Gasteiger partial charge on any atom is 0.341 e. The summed E-state index contributed by atoms with van der Waals surface area (Å²) in [7, 11) is 1.15. The van der Waals surface area contributed by atoms with Gasteiger partial charge >= 0.3 is 5.97 Å². The Morgan fingerprint density at radius 3 is 2.79 bits per heavy atom. The molecular formula is C12H12FNO5. The van der Waals surface area contributed by atoms with Gasteiger partial charge in [0.25, 0.3) is 5.91 Å². The molecule has 0 saturated heterocycles. The highest BCUT2D eigenvalue weighted by molar-refractivity contribution is 5.92. The van der Waals surface area contributed by atoms with E-state index >= 15 is 0 Å². The van der Waals surface area contributed by atoms with Gasteiger partial charge in [-0.2, -0.15) is 0 Å². The van der Waals surface area contributed by atoms with E-state index in [0.29, 0.717) is 6.29 Å². The van der Waals surface area contributed by atoms with Gasteiger partial charge in [0.2, 0.25) is 0 Å². The number of carbonyl (C=O) groups excluding carboxylic acids is 3. The SMILES string of the molecule is COC(=O)c1cc(F)ccc1OCC(=O)NCC=O. The molecule has 1 aromatic carbocycles. The van der Waals surface area contributed by atoms with Gasteiger partial charge in [-0.25, -0.2) is 9.18 Å². The molecule has 0 unspecified atom stereocenters. The largest absolute Gasteiger partial charge is 0.483 e. The van der Waals surface area contributed by atoms with Crippen molar-refractivity contribution in [1.82, 2.24) is 5.32 Å². The predicted octanol–water partition coefficient (Wildman–Crippen LogP) is 0.306. The molecule has 0 atom stereocenters. The summed E-state index contributed by atoms with van der Waals surface area (Å²) in [5, 5.41) is 2.25. The van der Waals surface area contributed by atoms with E-state index in [9.17, 15) is 18.8 Å². The van der Waals surface area contributed by atoms with E-state index in [1.807, 2.05) is 0 Å². The molecule has 7 heteroatoms. The van der Waals surface area contributed by atoms with Crippen molar-refractivity contribution in [3.8, 4) is 5.75 Å². The molecule has 0 spiro atoms. The van der Waals surface area contributed by atoms with E-state index in [0.717, 1.165) is 19.2 Å². The van der Waals surface area contributed by atoms with Gasteiger partial charge in [0.1, 0.15) is 23.4 Å². The minimum absolute atomic E-state index is 0.0227. The van der Waals surface area contributed by atoms with Gasteiger partial charge in [0, 0.05) is 0 Å². The first-order valence-electron chi connectivity index (χ1n) is 5.29. The van der Waals surface area contributed by atoms with E-state index in [4.69, 9.17) is 4.74 Å². The first-order valence-corrected chi connectivity index (χ1v) is 5.29. The van der Waals surface area contributed by atoms with Crippen molar-refractivity contribution in [2.75, 3.05) is 20.3 Å². The molecule has 0 radical (unpaired) electrons. The Balaban J connectivity index is 2.75. The van der Waals surface area contributed by atoms with E-state index in [2.05, 4.69) is 10.1 Å². The lowest BCUT2D eigenvalue weighted by Crippen LogP contribution is -2.30. The molecule has 0 saturated carbocycles. The number of halogens is 1. The fourth-order valence-corrected chi connectivity index (χ4v) is 1.25. The lowest BCUT2D eigenvalue weighted by atomic mass is 10.2. The quantitative estimate of drug-likeness (QED) is 0.593. The highest BCUT2D eigenvalue weighted by atomic mass is 19.1. The van der Waals surface area contributed by atoms with Crippen LogP contribution in [0.5, 0.6) is 5.75 Å². The number of carbonyl (C=O) groups is 3. The van der Waals surface area contributed by atoms with Crippen LogP contribution in [0.15, 0.2) is 18.2 Å². The highest BCUT2D eigenvalue weighted by Gasteiger charge is 2.15. The smallest absolute Gasteiger partial charge is 0.341 e. The Kier molecular flexibility index (Phi) is 5.46. The van der Waals surface area contributed by atoms with Gasteiger partial charge in [-0.3, -0.25) is 4.79 Å². The number of ether oxygens (including phenoxy) is 2. The molecule has 0 aliphatic rings. The van der Waals surface area contributed by atoms with Crippen LogP contribution in [0.3, 0.4) is 0 Å². The number of aldehydes is 1. The molecule has 19 heavy (non-hydrogen) atoms. The highest BCUT2D eigenvalue weighted by Crippen LogP contribution is 2.20. The van der Waals surface area contributed by atoms with E-state index < -0.39 is 24.3 Å². The third kappa shape index (κ3) is 4.38. The Bertz CT molecular complexity index is 489. The number of nitrogens with one attached hydrogen (secondary N) is 1. The van der Waals surface area contributed by atoms with Crippen LogP contribution < -0.4 is 10.1 Å². The van der Waals surface area contributed by atoms with Gasteiger partial charge in [-0.1, -0.05) is 0 Å². The number of benzene rings is 1. The number of amides is 1. The monoisotopic (exact) mass is 269 g/mol. The predicted molar refractivity (Wildman–Crippen MR) is 62.3 cm³/mol. The summed E-state index contributed by atoms with van der Waals surface area (Å²) in [5.41, 5.74) is -0.120. The number of rotatable bonds is 6. The van der Waals surface area contributed by atoms with Gasteiger partial charge in [-0.05, 0) is 18.2 Å². The Morgan fingerprint density at radius 2 is 2.16 bits per heavy atom. The van der Waals surface area contributed by atoms with Crippen LogP contribution >= 0.6 is 0 Å². The normalized spacial score (nSPS) is 9.58. The summed E-state index contributed by atoms with van der Waals surface area (Å²) in [4.78, 5) is 32.6. The van der Waals surface area contributed by atoms with Crippen LogP contribution in [0.4, 0.5) is 4.39 Å². The van der Waals surface area contributed by atoms with Crippen molar-refractivity contribution in [1.29, 1.82) is 0 Å². The van der Waals surface area contributed by atoms with Crippen LogP contribution in [0.2, 0.25) is 0 Å². The molecule has 0 aliphatic carbocycles. The number of esters is 1. The van der Waals surface area contributed by atoms with Crippen molar-refractivity contribution in [3.63, 3.8) is 0 Å². The topological polar surface area (TPSA) is 81.7 Å². The van der Waals surface area contributed by atoms with Crippen molar-refractivity contribution in [2.24, 2.45) is 0 Å². The van der Waals surface area contributed by atoms with Crippen LogP contribution in [0.25, 0.3) is 0 Å². The molecule has 1 rings (SSSR count). The number of hydrogen-bond donors (Lipinski definition) is 1. The molecule has 0 fully saturated rings. The third-order valence-corrected chi connectivity index (χ3v) is 2.09. The van der Waals surface area contributed by atoms with Crippen LogP contribution in [0.1, 0.15) is 10.4 Å². The van der Waals surface area contributed by atoms with Crippen molar-refractivity contribution < 1.29 is 28.2 Å². The van der Waals surface area contributed by atoms with E-state index in [-0.39, 0.29) is 17.9 Å². The Hall–Kier alpha value is -2.44. The molecule has 0 aliphatic heterocycles. The minimum Gasteiger partial charge on any atom is -0.483 e. The zero-order chi connectivity index (χ0) is 14.3. The van der Waals surface area contributed by atoms with E-state index in [1.54, 1.807) is 0 Å². The summed E-state index contributed by atoms with van der Waals surface area (Å²) in [6, 6.07) is 3.25. The second-order valence-electron chi connectivity index (χ2n) is 3.39. The average Bonchev–Trinajstić information content (AvgIpc) is 2.42. The summed E-state index contributed by atoms with van der Waals surface area (Å²) in [6.07, 6.45) is 0.523. The zero-order valence-electron chi connectivity index (χ0n) is 10.1. The Labute approximate surface area is 108 Å². The number of methoxy groups -OCH3 is 1. The zero-order valence-corrected chi connectivity index (χ0v) is 10.1. The lowest BCUT2D eigenvalue weighted by Gasteiger charge is -2.09. The van der Waals surface area contributed by atoms with Crippen molar-refractivity contribution in [3.05, 3.63) is 29.6 Å². The van der Waals surface area contributed by atoms with Crippen molar-refractivity contribution in [2.45, 2.75) is 0 Å². The maximum absolute atomic E-state index is 13.0. The van der Waals surface area contributed by atoms with Crippen LogP contribution in [-0.4, -0.2) is 38.4 Å². The minimum atomic E-state index is -0.775. The van der Waals surface area contributed by atoms with E-state index in [1.165, 1.54) is 6.07 Å². The first kappa shape index (κ1) is 14.6. The molecular weight excluding hydrogens is 257 g/mol. The van der Waals surface area contributed by atoms with Gasteiger partial charge < -0.3 is 19.6 Å². The summed E-state index contributed by atoms with van der Waals surface area (Å²) >= 11 is 0. The summed E-state index contributed by atoms with van der Waals surface area (Å²) in [6.45, 7) is -0.529. The number of hydrogen-bond acceptors (Lipinski definition) is 5. The molecule has 0 bridgehead atoms. The molecule has 1 N–H and O–H groups in total. The molecule has 0 aromatic heterocycles. The van der Waals surface area contributed by atoms with Gasteiger partial charge in [0.05, 0.1) is 13.7 Å². The second-order valence-corrected chi connectivity index (χ2v) is 3.39. The lowest BCUT2D eigenvalue weighted by molar-refractivity contribution is -0.124. The molecule has 1 aromatic rings. The second kappa shape index (κ2) is 7.10. The van der Waals surface area contributed by atoms with Crippen LogP contribution in [0, 0.1) is 5.82 Å². The fraction of sp³-hybridized carbons (Fsp3) is 0.250. The third-order valence-electron chi connectivity index (χ3n) is 2.09. The van der Waals surface area contributed by atoms with Gasteiger partial charge in [0.15, 0.2) is 6.61 Å². The van der Waals surface area contributed by atoms with Gasteiger partial charge in [-0.15, -0.1) is 0 Å². The summed E-state index contributed by atoms with van der Waals surface area (Å²) < 4.78 is 22.6. The Morgan fingerprint density at radius 1 is 1.42 bits per heavy atom. The molecule has 0 heterocycles. The molecule has 6 nitrogen and oxygen atoms in total. The summed E-state index contributed by atoms with van der Waals surface area (Å²) in [5.74, 6) is -1.91. The molecule has 1 amide bonds. The maximum atomic E-state index is 13.0. The molecule has 102 valence electrons. The van der Waals surface area contributed by atoms with Crippen LogP contribution in [-0.2, 0) is 14.3 Å². The van der Waals surface area contributed by atoms with Crippen molar-refractivity contribution >= 4 is 18.2 Å². The fourth-order valence-electron chi connectivity index (χ4n) is 1.25. The first-order chi connectivity index (χ1) is 9.08. The standard InChI is InChI=1S/C12H12FNO5/c1-18-12(17)9-6-8(13)2-3-10(9)19-7-11(16)14-4-5-15/h2-3,5-6H,4,7H2,1H3,(H,14,16).